The second-order valence-corrected chi connectivity index (χ2v) is 6.17. The Labute approximate surface area is 129 Å². The number of hydrogen-bond acceptors (Lipinski definition) is 1. The van der Waals surface area contributed by atoms with Gasteiger partial charge in [0.2, 0.25) is 0 Å². The monoisotopic (exact) mass is 305 g/mol. The van der Waals surface area contributed by atoms with Gasteiger partial charge in [-0.25, -0.2) is 0 Å². The summed E-state index contributed by atoms with van der Waals surface area (Å²) in [5, 5.41) is 4.70. The van der Waals surface area contributed by atoms with E-state index in [0.717, 1.165) is 12.8 Å². The molecule has 3 rings (SSSR count). The first-order chi connectivity index (χ1) is 9.69. The minimum Gasteiger partial charge on any atom is -0.316 e. The first kappa shape index (κ1) is 13.9. The van der Waals surface area contributed by atoms with Gasteiger partial charge in [0.05, 0.1) is 10.0 Å². The molecular weight excluding hydrogens is 289 g/mol. The molecule has 0 saturated carbocycles. The first-order valence-electron chi connectivity index (χ1n) is 6.88. The van der Waals surface area contributed by atoms with E-state index >= 15 is 0 Å². The van der Waals surface area contributed by atoms with Gasteiger partial charge in [-0.15, -0.1) is 0 Å². The standard InChI is InChI=1S/C17H17Cl2N/c1-20-17-10-12-4-2-3-5-13(12)14(17)8-11-6-7-15(18)16(19)9-11/h2-7,9,14,17,20H,8,10H2,1H3/t14-,17-/m1/s1. The maximum atomic E-state index is 6.12. The van der Waals surface area contributed by atoms with E-state index in [0.29, 0.717) is 22.0 Å². The molecule has 1 aliphatic rings. The van der Waals surface area contributed by atoms with Crippen molar-refractivity contribution in [3.05, 3.63) is 69.2 Å². The van der Waals surface area contributed by atoms with E-state index in [1.165, 1.54) is 16.7 Å². The van der Waals surface area contributed by atoms with Crippen LogP contribution in [0, 0.1) is 0 Å². The molecule has 0 saturated heterocycles. The summed E-state index contributed by atoms with van der Waals surface area (Å²) in [6.45, 7) is 0. The molecule has 0 heterocycles. The summed E-state index contributed by atoms with van der Waals surface area (Å²) in [4.78, 5) is 0. The van der Waals surface area contributed by atoms with Crippen molar-refractivity contribution in [1.29, 1.82) is 0 Å². The van der Waals surface area contributed by atoms with Crippen LogP contribution < -0.4 is 5.32 Å². The lowest BCUT2D eigenvalue weighted by Gasteiger charge is -2.20. The van der Waals surface area contributed by atoms with Gasteiger partial charge in [-0.2, -0.15) is 0 Å². The van der Waals surface area contributed by atoms with Crippen LogP contribution in [0.25, 0.3) is 0 Å². The molecule has 2 atom stereocenters. The quantitative estimate of drug-likeness (QED) is 0.882. The van der Waals surface area contributed by atoms with Gasteiger partial charge in [0.15, 0.2) is 0 Å². The second-order valence-electron chi connectivity index (χ2n) is 5.36. The lowest BCUT2D eigenvalue weighted by Crippen LogP contribution is -2.30. The van der Waals surface area contributed by atoms with E-state index in [1.807, 2.05) is 19.2 Å². The highest BCUT2D eigenvalue weighted by molar-refractivity contribution is 6.42. The zero-order valence-corrected chi connectivity index (χ0v) is 12.9. The molecule has 0 spiro atoms. The molecule has 0 bridgehead atoms. The minimum absolute atomic E-state index is 0.488. The number of benzene rings is 2. The van der Waals surface area contributed by atoms with E-state index in [9.17, 15) is 0 Å². The SMILES string of the molecule is CN[C@@H]1Cc2ccccc2[C@H]1Cc1ccc(Cl)c(Cl)c1. The molecule has 1 N–H and O–H groups in total. The van der Waals surface area contributed by atoms with Crippen molar-refractivity contribution in [2.45, 2.75) is 24.8 Å². The third-order valence-corrected chi connectivity index (χ3v) is 4.93. The molecule has 2 aromatic rings. The Morgan fingerprint density at radius 1 is 1.10 bits per heavy atom. The molecule has 1 nitrogen and oxygen atoms in total. The smallest absolute Gasteiger partial charge is 0.0595 e. The predicted octanol–water partition coefficient (Wildman–Crippen LogP) is 4.46. The van der Waals surface area contributed by atoms with E-state index in [-0.39, 0.29) is 0 Å². The summed E-state index contributed by atoms with van der Waals surface area (Å²) in [6.07, 6.45) is 2.08. The Kier molecular flexibility index (Phi) is 4.02. The van der Waals surface area contributed by atoms with Crippen LogP contribution in [0.5, 0.6) is 0 Å². The second kappa shape index (κ2) is 5.77. The average Bonchev–Trinajstić information content (AvgIpc) is 2.81. The Morgan fingerprint density at radius 3 is 2.65 bits per heavy atom. The minimum atomic E-state index is 0.488. The third kappa shape index (κ3) is 2.58. The van der Waals surface area contributed by atoms with Crippen molar-refractivity contribution in [2.24, 2.45) is 0 Å². The topological polar surface area (TPSA) is 12.0 Å². The fraction of sp³-hybridized carbons (Fsp3) is 0.294. The third-order valence-electron chi connectivity index (χ3n) is 4.19. The summed E-state index contributed by atoms with van der Waals surface area (Å²) >= 11 is 12.1. The zero-order chi connectivity index (χ0) is 14.1. The van der Waals surface area contributed by atoms with Crippen LogP contribution in [0.2, 0.25) is 10.0 Å². The Balaban J connectivity index is 1.90. The molecular formula is C17H17Cl2N. The lowest BCUT2D eigenvalue weighted by molar-refractivity contribution is 0.492. The molecule has 0 aromatic heterocycles. The van der Waals surface area contributed by atoms with Crippen molar-refractivity contribution >= 4 is 23.2 Å². The number of nitrogens with one attached hydrogen (secondary N) is 1. The molecule has 0 fully saturated rings. The number of hydrogen-bond donors (Lipinski definition) is 1. The summed E-state index contributed by atoms with van der Waals surface area (Å²) in [7, 11) is 2.04. The van der Waals surface area contributed by atoms with Crippen LogP contribution in [0.1, 0.15) is 22.6 Å². The van der Waals surface area contributed by atoms with Crippen molar-refractivity contribution in [3.63, 3.8) is 0 Å². The van der Waals surface area contributed by atoms with E-state index in [1.54, 1.807) is 0 Å². The average molecular weight is 306 g/mol. The molecule has 0 radical (unpaired) electrons. The van der Waals surface area contributed by atoms with Crippen LogP contribution >= 0.6 is 23.2 Å². The predicted molar refractivity (Wildman–Crippen MR) is 85.9 cm³/mol. The summed E-state index contributed by atoms with van der Waals surface area (Å²) < 4.78 is 0. The molecule has 104 valence electrons. The molecule has 0 unspecified atom stereocenters. The van der Waals surface area contributed by atoms with Gasteiger partial charge >= 0.3 is 0 Å². The van der Waals surface area contributed by atoms with Gasteiger partial charge < -0.3 is 5.32 Å². The molecule has 3 heteroatoms. The molecule has 1 aliphatic carbocycles. The number of halogens is 2. The van der Waals surface area contributed by atoms with E-state index in [4.69, 9.17) is 23.2 Å². The van der Waals surface area contributed by atoms with Gasteiger partial charge in [-0.3, -0.25) is 0 Å². The zero-order valence-electron chi connectivity index (χ0n) is 11.4. The first-order valence-corrected chi connectivity index (χ1v) is 7.63. The molecule has 20 heavy (non-hydrogen) atoms. The molecule has 2 aromatic carbocycles. The number of rotatable bonds is 3. The highest BCUT2D eigenvalue weighted by atomic mass is 35.5. The van der Waals surface area contributed by atoms with Gasteiger partial charge in [0.25, 0.3) is 0 Å². The largest absolute Gasteiger partial charge is 0.316 e. The van der Waals surface area contributed by atoms with Crippen molar-refractivity contribution < 1.29 is 0 Å². The van der Waals surface area contributed by atoms with Crippen LogP contribution in [0.3, 0.4) is 0 Å². The van der Waals surface area contributed by atoms with E-state index in [2.05, 4.69) is 35.6 Å². The number of fused-ring (bicyclic) bond motifs is 1. The number of likely N-dealkylation sites (N-methyl/N-ethyl adjacent to an activating group) is 1. The highest BCUT2D eigenvalue weighted by Crippen LogP contribution is 2.36. The van der Waals surface area contributed by atoms with Gasteiger partial charge in [0.1, 0.15) is 0 Å². The van der Waals surface area contributed by atoms with Crippen molar-refractivity contribution in [1.82, 2.24) is 5.32 Å². The Bertz CT molecular complexity index is 624. The maximum Gasteiger partial charge on any atom is 0.0595 e. The van der Waals surface area contributed by atoms with Crippen molar-refractivity contribution in [3.8, 4) is 0 Å². The summed E-state index contributed by atoms with van der Waals surface area (Å²) in [5.41, 5.74) is 4.15. The normalized spacial score (nSPS) is 20.9. The van der Waals surface area contributed by atoms with E-state index < -0.39 is 0 Å². The van der Waals surface area contributed by atoms with Crippen molar-refractivity contribution in [2.75, 3.05) is 7.05 Å². The Morgan fingerprint density at radius 2 is 1.90 bits per heavy atom. The molecule has 0 aliphatic heterocycles. The molecule has 0 amide bonds. The van der Waals surface area contributed by atoms with Gasteiger partial charge in [0, 0.05) is 12.0 Å². The van der Waals surface area contributed by atoms with Crippen LogP contribution in [0.15, 0.2) is 42.5 Å². The summed E-state index contributed by atoms with van der Waals surface area (Å²) in [6, 6.07) is 15.1. The van der Waals surface area contributed by atoms with Crippen LogP contribution in [-0.4, -0.2) is 13.1 Å². The Hall–Kier alpha value is -1.02. The van der Waals surface area contributed by atoms with Crippen LogP contribution in [0.4, 0.5) is 0 Å². The van der Waals surface area contributed by atoms with Gasteiger partial charge in [-0.1, -0.05) is 53.5 Å². The fourth-order valence-corrected chi connectivity index (χ4v) is 3.47. The van der Waals surface area contributed by atoms with Gasteiger partial charge in [-0.05, 0) is 48.7 Å². The summed E-state index contributed by atoms with van der Waals surface area (Å²) in [5.74, 6) is 0.494. The van der Waals surface area contributed by atoms with Crippen LogP contribution in [-0.2, 0) is 12.8 Å². The highest BCUT2D eigenvalue weighted by Gasteiger charge is 2.31. The fourth-order valence-electron chi connectivity index (χ4n) is 3.15. The maximum absolute atomic E-state index is 6.12. The lowest BCUT2D eigenvalue weighted by atomic mass is 9.91.